The molecule has 1 rings (SSSR count). The number of anilines is 1. The number of rotatable bonds is 7. The molecule has 0 aliphatic heterocycles. The fourth-order valence-electron chi connectivity index (χ4n) is 1.88. The van der Waals surface area contributed by atoms with Gasteiger partial charge in [-0.25, -0.2) is 0 Å². The summed E-state index contributed by atoms with van der Waals surface area (Å²) < 4.78 is 5.06. The summed E-state index contributed by atoms with van der Waals surface area (Å²) in [5.74, 6) is -0.00109. The van der Waals surface area contributed by atoms with E-state index >= 15 is 0 Å². The summed E-state index contributed by atoms with van der Waals surface area (Å²) in [6.07, 6.45) is 4.30. The van der Waals surface area contributed by atoms with Gasteiger partial charge in [-0.15, -0.1) is 0 Å². The fraction of sp³-hybridized carbons (Fsp3) is 0.438. The summed E-state index contributed by atoms with van der Waals surface area (Å²) in [4.78, 5) is 14.1. The zero-order chi connectivity index (χ0) is 15.0. The molecule has 1 aromatic rings. The van der Waals surface area contributed by atoms with E-state index in [-0.39, 0.29) is 11.9 Å². The molecule has 2 N–H and O–H groups in total. The molecule has 1 atom stereocenters. The Morgan fingerprint density at radius 3 is 2.85 bits per heavy atom. The third-order valence-corrected chi connectivity index (χ3v) is 3.27. The lowest BCUT2D eigenvalue weighted by Crippen LogP contribution is -2.39. The van der Waals surface area contributed by atoms with Gasteiger partial charge in [0.1, 0.15) is 0 Å². The Balaban J connectivity index is 2.74. The SMILES string of the molecule is CCC(C)N(CCOC)C(=O)/C=C/c1cccc(N)c1. The fourth-order valence-corrected chi connectivity index (χ4v) is 1.88. The lowest BCUT2D eigenvalue weighted by atomic mass is 10.1. The van der Waals surface area contributed by atoms with Crippen LogP contribution >= 0.6 is 0 Å². The van der Waals surface area contributed by atoms with Crippen LogP contribution in [0.3, 0.4) is 0 Å². The number of carbonyl (C=O) groups excluding carboxylic acids is 1. The van der Waals surface area contributed by atoms with Gasteiger partial charge >= 0.3 is 0 Å². The first kappa shape index (κ1) is 16.2. The van der Waals surface area contributed by atoms with Crippen molar-refractivity contribution >= 4 is 17.7 Å². The standard InChI is InChI=1S/C16H24N2O2/c1-4-13(2)18(10-11-20-3)16(19)9-8-14-6-5-7-15(17)12-14/h5-9,12-13H,4,10-11,17H2,1-3H3/b9-8+. The second kappa shape index (κ2) is 8.38. The molecule has 0 bridgehead atoms. The lowest BCUT2D eigenvalue weighted by Gasteiger charge is -2.27. The van der Waals surface area contributed by atoms with Crippen molar-refractivity contribution in [2.24, 2.45) is 0 Å². The highest BCUT2D eigenvalue weighted by atomic mass is 16.5. The minimum absolute atomic E-state index is 0.00109. The van der Waals surface area contributed by atoms with Gasteiger partial charge in [-0.05, 0) is 37.1 Å². The average Bonchev–Trinajstić information content (AvgIpc) is 2.45. The molecule has 0 heterocycles. The molecule has 0 spiro atoms. The molecule has 0 saturated carbocycles. The van der Waals surface area contributed by atoms with Crippen molar-refractivity contribution in [2.45, 2.75) is 26.3 Å². The molecule has 0 aliphatic carbocycles. The van der Waals surface area contributed by atoms with Gasteiger partial charge in [0.25, 0.3) is 0 Å². The van der Waals surface area contributed by atoms with Gasteiger partial charge in [-0.2, -0.15) is 0 Å². The van der Waals surface area contributed by atoms with Gasteiger partial charge < -0.3 is 15.4 Å². The Labute approximate surface area is 121 Å². The topological polar surface area (TPSA) is 55.6 Å². The van der Waals surface area contributed by atoms with Crippen molar-refractivity contribution in [2.75, 3.05) is 26.0 Å². The monoisotopic (exact) mass is 276 g/mol. The number of methoxy groups -OCH3 is 1. The molecule has 0 aliphatic rings. The molecule has 20 heavy (non-hydrogen) atoms. The van der Waals surface area contributed by atoms with Gasteiger partial charge in [0.2, 0.25) is 5.91 Å². The molecule has 0 radical (unpaired) electrons. The van der Waals surface area contributed by atoms with Crippen LogP contribution in [-0.2, 0) is 9.53 Å². The Hall–Kier alpha value is -1.81. The molecule has 4 nitrogen and oxygen atoms in total. The summed E-state index contributed by atoms with van der Waals surface area (Å²) in [7, 11) is 1.64. The number of nitrogen functional groups attached to an aromatic ring is 1. The van der Waals surface area contributed by atoms with Crippen molar-refractivity contribution in [3.05, 3.63) is 35.9 Å². The molecular weight excluding hydrogens is 252 g/mol. The van der Waals surface area contributed by atoms with Crippen molar-refractivity contribution in [1.82, 2.24) is 4.90 Å². The van der Waals surface area contributed by atoms with E-state index in [2.05, 4.69) is 6.92 Å². The maximum absolute atomic E-state index is 12.3. The van der Waals surface area contributed by atoms with Crippen LogP contribution < -0.4 is 5.73 Å². The minimum atomic E-state index is -0.00109. The van der Waals surface area contributed by atoms with Crippen LogP contribution in [0.2, 0.25) is 0 Å². The summed E-state index contributed by atoms with van der Waals surface area (Å²) >= 11 is 0. The highest BCUT2D eigenvalue weighted by Gasteiger charge is 2.15. The van der Waals surface area contributed by atoms with Gasteiger partial charge in [0.05, 0.1) is 6.61 Å². The predicted molar refractivity (Wildman–Crippen MR) is 83.2 cm³/mol. The van der Waals surface area contributed by atoms with E-state index in [1.165, 1.54) is 0 Å². The van der Waals surface area contributed by atoms with Crippen molar-refractivity contribution < 1.29 is 9.53 Å². The molecular formula is C16H24N2O2. The first-order valence-corrected chi connectivity index (χ1v) is 6.91. The molecule has 110 valence electrons. The molecule has 4 heteroatoms. The minimum Gasteiger partial charge on any atom is -0.399 e. The molecule has 1 unspecified atom stereocenters. The zero-order valence-corrected chi connectivity index (χ0v) is 12.5. The highest BCUT2D eigenvalue weighted by molar-refractivity contribution is 5.92. The van der Waals surface area contributed by atoms with Crippen LogP contribution in [0.25, 0.3) is 6.08 Å². The van der Waals surface area contributed by atoms with Crippen molar-refractivity contribution in [3.63, 3.8) is 0 Å². The van der Waals surface area contributed by atoms with E-state index in [0.717, 1.165) is 12.0 Å². The number of nitrogens with zero attached hydrogens (tertiary/aromatic N) is 1. The quantitative estimate of drug-likeness (QED) is 0.615. The van der Waals surface area contributed by atoms with Crippen LogP contribution in [0.1, 0.15) is 25.8 Å². The van der Waals surface area contributed by atoms with E-state index in [1.54, 1.807) is 19.3 Å². The number of nitrogens with two attached hydrogens (primary N) is 1. The summed E-state index contributed by atoms with van der Waals surface area (Å²) in [5.41, 5.74) is 7.33. The number of amides is 1. The Morgan fingerprint density at radius 1 is 1.50 bits per heavy atom. The summed E-state index contributed by atoms with van der Waals surface area (Å²) in [6.45, 7) is 5.26. The number of hydrogen-bond acceptors (Lipinski definition) is 3. The molecule has 1 amide bonds. The zero-order valence-electron chi connectivity index (χ0n) is 12.5. The Kier molecular flexibility index (Phi) is 6.81. The van der Waals surface area contributed by atoms with E-state index in [1.807, 2.05) is 36.1 Å². The van der Waals surface area contributed by atoms with E-state index in [9.17, 15) is 4.79 Å². The maximum atomic E-state index is 12.3. The van der Waals surface area contributed by atoms with E-state index in [0.29, 0.717) is 18.8 Å². The smallest absolute Gasteiger partial charge is 0.246 e. The number of hydrogen-bond donors (Lipinski definition) is 1. The van der Waals surface area contributed by atoms with Crippen molar-refractivity contribution in [3.8, 4) is 0 Å². The average molecular weight is 276 g/mol. The molecule has 0 saturated heterocycles. The van der Waals surface area contributed by atoms with Crippen LogP contribution in [0.15, 0.2) is 30.3 Å². The third kappa shape index (κ3) is 5.05. The molecule has 0 aromatic heterocycles. The number of benzene rings is 1. The van der Waals surface area contributed by atoms with Gasteiger partial charge in [-0.3, -0.25) is 4.79 Å². The van der Waals surface area contributed by atoms with Crippen LogP contribution in [0.5, 0.6) is 0 Å². The van der Waals surface area contributed by atoms with E-state index < -0.39 is 0 Å². The molecule has 1 aromatic carbocycles. The number of ether oxygens (including phenoxy) is 1. The second-order valence-corrected chi connectivity index (χ2v) is 4.79. The van der Waals surface area contributed by atoms with Gasteiger partial charge in [0.15, 0.2) is 0 Å². The second-order valence-electron chi connectivity index (χ2n) is 4.79. The first-order valence-electron chi connectivity index (χ1n) is 6.91. The van der Waals surface area contributed by atoms with E-state index in [4.69, 9.17) is 10.5 Å². The predicted octanol–water partition coefficient (Wildman–Crippen LogP) is 2.56. The van der Waals surface area contributed by atoms with Crippen LogP contribution in [0, 0.1) is 0 Å². The summed E-state index contributed by atoms with van der Waals surface area (Å²) in [6, 6.07) is 7.65. The Morgan fingerprint density at radius 2 is 2.25 bits per heavy atom. The summed E-state index contributed by atoms with van der Waals surface area (Å²) in [5, 5.41) is 0. The van der Waals surface area contributed by atoms with Gasteiger partial charge in [0, 0.05) is 31.5 Å². The number of carbonyl (C=O) groups is 1. The lowest BCUT2D eigenvalue weighted by molar-refractivity contribution is -0.128. The molecule has 0 fully saturated rings. The van der Waals surface area contributed by atoms with Crippen molar-refractivity contribution in [1.29, 1.82) is 0 Å². The van der Waals surface area contributed by atoms with Crippen LogP contribution in [-0.4, -0.2) is 37.1 Å². The first-order chi connectivity index (χ1) is 9.58. The Bertz CT molecular complexity index is 458. The largest absolute Gasteiger partial charge is 0.399 e. The van der Waals surface area contributed by atoms with Gasteiger partial charge in [-0.1, -0.05) is 19.1 Å². The normalized spacial score (nSPS) is 12.6. The highest BCUT2D eigenvalue weighted by Crippen LogP contribution is 2.10. The van der Waals surface area contributed by atoms with Crippen LogP contribution in [0.4, 0.5) is 5.69 Å². The third-order valence-electron chi connectivity index (χ3n) is 3.27. The maximum Gasteiger partial charge on any atom is 0.246 e.